The number of carbonyl (C=O) groups is 1. The van der Waals surface area contributed by atoms with Crippen LogP contribution < -0.4 is 10.6 Å². The van der Waals surface area contributed by atoms with Crippen LogP contribution in [0.4, 0.5) is 5.95 Å². The van der Waals surface area contributed by atoms with Crippen LogP contribution >= 0.6 is 0 Å². The van der Waals surface area contributed by atoms with Gasteiger partial charge in [-0.1, -0.05) is 13.8 Å². The lowest BCUT2D eigenvalue weighted by atomic mass is 10.0. The van der Waals surface area contributed by atoms with E-state index < -0.39 is 0 Å². The maximum Gasteiger partial charge on any atom is 0.249 e. The smallest absolute Gasteiger partial charge is 0.249 e. The summed E-state index contributed by atoms with van der Waals surface area (Å²) in [4.78, 5) is 16.6. The fourth-order valence-electron chi connectivity index (χ4n) is 2.29. The molecule has 110 valence electrons. The number of aromatic nitrogens is 3. The topological polar surface area (TPSA) is 89.0 Å². The molecule has 0 aliphatic carbocycles. The molecule has 1 amide bonds. The lowest BCUT2D eigenvalue weighted by molar-refractivity contribution is -0.120. The van der Waals surface area contributed by atoms with Crippen molar-refractivity contribution in [3.8, 4) is 0 Å². The zero-order valence-corrected chi connectivity index (χ0v) is 12.1. The van der Waals surface area contributed by atoms with Crippen LogP contribution in [0.3, 0.4) is 0 Å². The summed E-state index contributed by atoms with van der Waals surface area (Å²) in [6.07, 6.45) is 1.56. The Morgan fingerprint density at radius 2 is 2.00 bits per heavy atom. The van der Waals surface area contributed by atoms with Crippen molar-refractivity contribution in [2.45, 2.75) is 32.7 Å². The van der Waals surface area contributed by atoms with Crippen LogP contribution in [0.2, 0.25) is 0 Å². The second kappa shape index (κ2) is 6.71. The van der Waals surface area contributed by atoms with E-state index in [9.17, 15) is 4.79 Å². The van der Waals surface area contributed by atoms with Crippen molar-refractivity contribution >= 4 is 11.9 Å². The molecule has 1 fully saturated rings. The average Bonchev–Trinajstić information content (AvgIpc) is 2.95. The van der Waals surface area contributed by atoms with Gasteiger partial charge in [0.15, 0.2) is 0 Å². The lowest BCUT2D eigenvalue weighted by Crippen LogP contribution is -2.39. The zero-order valence-electron chi connectivity index (χ0n) is 12.1. The van der Waals surface area contributed by atoms with Gasteiger partial charge >= 0.3 is 0 Å². The van der Waals surface area contributed by atoms with Crippen molar-refractivity contribution in [1.29, 1.82) is 0 Å². The van der Waals surface area contributed by atoms with E-state index in [0.717, 1.165) is 24.2 Å². The number of aryl methyl sites for hydroxylation is 2. The number of likely N-dealkylation sites (N-methyl/N-ethyl adjacent to an activating group) is 1. The Bertz CT molecular complexity index is 480. The maximum atomic E-state index is 12.2. The normalized spacial score (nSPS) is 21.9. The third-order valence-corrected chi connectivity index (χ3v) is 3.53. The van der Waals surface area contributed by atoms with Crippen molar-refractivity contribution < 1.29 is 9.53 Å². The molecule has 1 aromatic rings. The highest BCUT2D eigenvalue weighted by atomic mass is 16.5. The predicted molar refractivity (Wildman–Crippen MR) is 74.4 cm³/mol. The Morgan fingerprint density at radius 3 is 2.65 bits per heavy atom. The minimum Gasteiger partial charge on any atom is -0.379 e. The first-order valence-electron chi connectivity index (χ1n) is 6.97. The van der Waals surface area contributed by atoms with Crippen LogP contribution in [0.1, 0.15) is 25.2 Å². The number of carbonyl (C=O) groups excluding carboxylic acids is 1. The number of hydrogen-bond donors (Lipinski definition) is 2. The van der Waals surface area contributed by atoms with Crippen LogP contribution in [0, 0.1) is 5.92 Å². The third-order valence-electron chi connectivity index (χ3n) is 3.53. The number of nitrogens with zero attached hydrogens (tertiary/aromatic N) is 3. The third kappa shape index (κ3) is 3.10. The molecule has 1 saturated heterocycles. The molecule has 2 rings (SSSR count). The van der Waals surface area contributed by atoms with Gasteiger partial charge < -0.3 is 10.1 Å². The van der Waals surface area contributed by atoms with E-state index in [-0.39, 0.29) is 23.8 Å². The molecular weight excluding hydrogens is 258 g/mol. The maximum absolute atomic E-state index is 12.2. The first-order chi connectivity index (χ1) is 9.69. The monoisotopic (exact) mass is 279 g/mol. The van der Waals surface area contributed by atoms with Crippen molar-refractivity contribution in [2.75, 3.05) is 25.6 Å². The number of anilines is 1. The Hall–Kier alpha value is -1.60. The van der Waals surface area contributed by atoms with E-state index in [1.54, 1.807) is 0 Å². The molecule has 0 aromatic carbocycles. The Balaban J connectivity index is 2.07. The van der Waals surface area contributed by atoms with Crippen LogP contribution in [0.5, 0.6) is 0 Å². The van der Waals surface area contributed by atoms with Crippen molar-refractivity contribution in [3.05, 3.63) is 11.4 Å². The van der Waals surface area contributed by atoms with Gasteiger partial charge in [0, 0.05) is 6.04 Å². The second-order valence-electron chi connectivity index (χ2n) is 4.76. The Kier molecular flexibility index (Phi) is 4.97. The second-order valence-corrected chi connectivity index (χ2v) is 4.76. The molecule has 7 nitrogen and oxygen atoms in total. The number of rotatable bonds is 5. The highest BCUT2D eigenvalue weighted by Crippen LogP contribution is 2.15. The van der Waals surface area contributed by atoms with E-state index in [1.807, 2.05) is 20.9 Å². The molecule has 2 atom stereocenters. The largest absolute Gasteiger partial charge is 0.379 e. The van der Waals surface area contributed by atoms with E-state index in [1.165, 1.54) is 0 Å². The van der Waals surface area contributed by atoms with Gasteiger partial charge in [0.1, 0.15) is 0 Å². The van der Waals surface area contributed by atoms with E-state index in [2.05, 4.69) is 25.8 Å². The molecule has 2 unspecified atom stereocenters. The number of amides is 1. The summed E-state index contributed by atoms with van der Waals surface area (Å²) in [5, 5.41) is 13.9. The molecule has 0 spiro atoms. The van der Waals surface area contributed by atoms with E-state index in [4.69, 9.17) is 4.74 Å². The number of nitrogens with one attached hydrogen (secondary N) is 2. The molecule has 1 aliphatic heterocycles. The molecule has 2 N–H and O–H groups in total. The summed E-state index contributed by atoms with van der Waals surface area (Å²) in [5.41, 5.74) is 1.76. The summed E-state index contributed by atoms with van der Waals surface area (Å²) in [5.74, 6) is -0.0831. The average molecular weight is 279 g/mol. The van der Waals surface area contributed by atoms with Crippen molar-refractivity contribution in [3.63, 3.8) is 0 Å². The fourth-order valence-corrected chi connectivity index (χ4v) is 2.29. The zero-order chi connectivity index (χ0) is 14.5. The minimum absolute atomic E-state index is 0.0310. The first-order valence-corrected chi connectivity index (χ1v) is 6.97. The summed E-state index contributed by atoms with van der Waals surface area (Å²) >= 11 is 0. The molecule has 2 heterocycles. The van der Waals surface area contributed by atoms with Crippen LogP contribution in [-0.2, 0) is 22.4 Å². The van der Waals surface area contributed by atoms with Crippen LogP contribution in [0.15, 0.2) is 0 Å². The molecule has 7 heteroatoms. The Labute approximate surface area is 118 Å². The summed E-state index contributed by atoms with van der Waals surface area (Å²) < 4.78 is 5.32. The van der Waals surface area contributed by atoms with E-state index in [0.29, 0.717) is 13.2 Å². The first kappa shape index (κ1) is 14.8. The van der Waals surface area contributed by atoms with Crippen LogP contribution in [-0.4, -0.2) is 47.4 Å². The molecule has 1 aliphatic rings. The quantitative estimate of drug-likeness (QED) is 0.798. The molecule has 0 bridgehead atoms. The molecule has 0 radical (unpaired) electrons. The molecule has 0 saturated carbocycles. The van der Waals surface area contributed by atoms with Crippen LogP contribution in [0.25, 0.3) is 0 Å². The van der Waals surface area contributed by atoms with Crippen molar-refractivity contribution in [1.82, 2.24) is 20.5 Å². The fraction of sp³-hybridized carbons (Fsp3) is 0.692. The SMILES string of the molecule is CCc1nnc(NC(=O)C2COCC2NC)nc1CC. The summed E-state index contributed by atoms with van der Waals surface area (Å²) in [7, 11) is 1.82. The van der Waals surface area contributed by atoms with Gasteiger partial charge in [-0.2, -0.15) is 0 Å². The highest BCUT2D eigenvalue weighted by molar-refractivity contribution is 5.91. The predicted octanol–water partition coefficient (Wildman–Crippen LogP) is 0.169. The van der Waals surface area contributed by atoms with Crippen molar-refractivity contribution in [2.24, 2.45) is 5.92 Å². The van der Waals surface area contributed by atoms with Gasteiger partial charge in [-0.05, 0) is 19.9 Å². The van der Waals surface area contributed by atoms with Gasteiger partial charge in [0.2, 0.25) is 11.9 Å². The van der Waals surface area contributed by atoms with E-state index >= 15 is 0 Å². The standard InChI is InChI=1S/C13H21N5O2/c1-4-9-10(5-2)17-18-13(15-9)16-12(19)8-6-20-7-11(8)14-3/h8,11,14H,4-7H2,1-3H3,(H,15,16,18,19). The summed E-state index contributed by atoms with van der Waals surface area (Å²) in [6, 6.07) is 0.0310. The summed E-state index contributed by atoms with van der Waals surface area (Å²) in [6.45, 7) is 4.98. The number of ether oxygens (including phenoxy) is 1. The minimum atomic E-state index is -0.223. The van der Waals surface area contributed by atoms with Gasteiger partial charge in [0.05, 0.1) is 30.5 Å². The van der Waals surface area contributed by atoms with Gasteiger partial charge in [0.25, 0.3) is 0 Å². The van der Waals surface area contributed by atoms with Gasteiger partial charge in [-0.3, -0.25) is 10.1 Å². The number of hydrogen-bond acceptors (Lipinski definition) is 6. The Morgan fingerprint density at radius 1 is 1.25 bits per heavy atom. The molecular formula is C13H21N5O2. The van der Waals surface area contributed by atoms with Gasteiger partial charge in [-0.15, -0.1) is 10.2 Å². The molecule has 20 heavy (non-hydrogen) atoms. The molecule has 1 aromatic heterocycles. The van der Waals surface area contributed by atoms with Gasteiger partial charge in [-0.25, -0.2) is 4.98 Å². The lowest BCUT2D eigenvalue weighted by Gasteiger charge is -2.15. The highest BCUT2D eigenvalue weighted by Gasteiger charge is 2.33.